The lowest BCUT2D eigenvalue weighted by Gasteiger charge is -2.31. The molecule has 0 aromatic carbocycles. The van der Waals surface area contributed by atoms with Crippen molar-refractivity contribution >= 4 is 17.2 Å². The fraction of sp³-hybridized carbons (Fsp3) is 0.350. The van der Waals surface area contributed by atoms with E-state index >= 15 is 0 Å². The molecular weight excluding hydrogens is 344 g/mol. The summed E-state index contributed by atoms with van der Waals surface area (Å²) in [7, 11) is 0. The average Bonchev–Trinajstić information content (AvgIpc) is 3.31. The predicted molar refractivity (Wildman–Crippen MR) is 103 cm³/mol. The van der Waals surface area contributed by atoms with Crippen molar-refractivity contribution in [3.8, 4) is 0 Å². The number of rotatable bonds is 4. The third kappa shape index (κ3) is 3.55. The zero-order chi connectivity index (χ0) is 17.9. The van der Waals surface area contributed by atoms with Crippen LogP contribution in [0.25, 0.3) is 0 Å². The molecule has 4 heterocycles. The van der Waals surface area contributed by atoms with Crippen molar-refractivity contribution in [3.63, 3.8) is 0 Å². The number of hydrogen-bond donors (Lipinski definition) is 0. The number of imidazole rings is 1. The van der Waals surface area contributed by atoms with Gasteiger partial charge in [-0.1, -0.05) is 6.07 Å². The van der Waals surface area contributed by atoms with E-state index in [0.717, 1.165) is 48.9 Å². The van der Waals surface area contributed by atoms with Gasteiger partial charge in [0.25, 0.3) is 5.91 Å². The standard InChI is InChI=1S/C20H22N4OS/c1-15-5-6-18(26-15)20(25)23-11-7-16(8-12-23)19-22-10-13-24(19)14-17-4-2-3-9-21-17/h2-6,9-10,13,16H,7-8,11-12,14H2,1H3. The minimum Gasteiger partial charge on any atom is -0.338 e. The van der Waals surface area contributed by atoms with Gasteiger partial charge in [0.2, 0.25) is 0 Å². The van der Waals surface area contributed by atoms with E-state index in [1.807, 2.05) is 60.7 Å². The van der Waals surface area contributed by atoms with Gasteiger partial charge in [0.05, 0.1) is 17.1 Å². The summed E-state index contributed by atoms with van der Waals surface area (Å²) in [5.41, 5.74) is 1.03. The number of carbonyl (C=O) groups excluding carboxylic acids is 1. The van der Waals surface area contributed by atoms with Gasteiger partial charge in [0.1, 0.15) is 5.82 Å². The zero-order valence-electron chi connectivity index (χ0n) is 14.8. The molecule has 0 bridgehead atoms. The minimum absolute atomic E-state index is 0.165. The van der Waals surface area contributed by atoms with Crippen molar-refractivity contribution in [2.24, 2.45) is 0 Å². The molecule has 3 aromatic rings. The number of nitrogens with zero attached hydrogens (tertiary/aromatic N) is 4. The number of amides is 1. The molecule has 5 nitrogen and oxygen atoms in total. The minimum atomic E-state index is 0.165. The molecule has 0 spiro atoms. The normalized spacial score (nSPS) is 15.3. The maximum Gasteiger partial charge on any atom is 0.263 e. The van der Waals surface area contributed by atoms with Crippen LogP contribution in [0.1, 0.15) is 44.8 Å². The van der Waals surface area contributed by atoms with E-state index in [2.05, 4.69) is 14.5 Å². The van der Waals surface area contributed by atoms with E-state index in [-0.39, 0.29) is 5.91 Å². The van der Waals surface area contributed by atoms with Crippen LogP contribution in [-0.2, 0) is 6.54 Å². The fourth-order valence-electron chi connectivity index (χ4n) is 3.53. The summed E-state index contributed by atoms with van der Waals surface area (Å²) in [5.74, 6) is 1.66. The van der Waals surface area contributed by atoms with Crippen LogP contribution < -0.4 is 0 Å². The first-order valence-electron chi connectivity index (χ1n) is 8.97. The number of aromatic nitrogens is 3. The smallest absolute Gasteiger partial charge is 0.263 e. The molecule has 0 N–H and O–H groups in total. The molecule has 4 rings (SSSR count). The number of likely N-dealkylation sites (tertiary alicyclic amines) is 1. The van der Waals surface area contributed by atoms with Gasteiger partial charge in [-0.2, -0.15) is 0 Å². The molecule has 1 fully saturated rings. The molecule has 0 aliphatic carbocycles. The Kier molecular flexibility index (Phi) is 4.84. The summed E-state index contributed by atoms with van der Waals surface area (Å²) in [6.45, 7) is 4.35. The Balaban J connectivity index is 1.41. The summed E-state index contributed by atoms with van der Waals surface area (Å²) < 4.78 is 2.19. The Morgan fingerprint density at radius 1 is 1.15 bits per heavy atom. The van der Waals surface area contributed by atoms with Crippen molar-refractivity contribution in [2.45, 2.75) is 32.2 Å². The molecule has 6 heteroatoms. The first-order valence-corrected chi connectivity index (χ1v) is 9.79. The van der Waals surface area contributed by atoms with Gasteiger partial charge < -0.3 is 9.47 Å². The second kappa shape index (κ2) is 7.41. The van der Waals surface area contributed by atoms with Crippen LogP contribution in [-0.4, -0.2) is 38.4 Å². The zero-order valence-corrected chi connectivity index (χ0v) is 15.7. The van der Waals surface area contributed by atoms with Crippen molar-refractivity contribution in [3.05, 3.63) is 70.2 Å². The topological polar surface area (TPSA) is 51.0 Å². The van der Waals surface area contributed by atoms with Crippen LogP contribution in [0.2, 0.25) is 0 Å². The summed E-state index contributed by atoms with van der Waals surface area (Å²) in [6.07, 6.45) is 7.62. The summed E-state index contributed by atoms with van der Waals surface area (Å²) >= 11 is 1.58. The van der Waals surface area contributed by atoms with Gasteiger partial charge in [-0.05, 0) is 44.0 Å². The SMILES string of the molecule is Cc1ccc(C(=O)N2CCC(c3nccn3Cc3ccccn3)CC2)s1. The van der Waals surface area contributed by atoms with Crippen LogP contribution in [0.5, 0.6) is 0 Å². The highest BCUT2D eigenvalue weighted by molar-refractivity contribution is 7.13. The highest BCUT2D eigenvalue weighted by Crippen LogP contribution is 2.29. The van der Waals surface area contributed by atoms with E-state index in [1.165, 1.54) is 4.88 Å². The van der Waals surface area contributed by atoms with Crippen molar-refractivity contribution in [1.82, 2.24) is 19.4 Å². The second-order valence-corrected chi connectivity index (χ2v) is 8.00. The Morgan fingerprint density at radius 3 is 2.69 bits per heavy atom. The van der Waals surface area contributed by atoms with Gasteiger partial charge >= 0.3 is 0 Å². The third-order valence-electron chi connectivity index (χ3n) is 4.90. The number of pyridine rings is 1. The van der Waals surface area contributed by atoms with E-state index in [1.54, 1.807) is 11.3 Å². The molecule has 134 valence electrons. The molecule has 26 heavy (non-hydrogen) atoms. The number of thiophene rings is 1. The van der Waals surface area contributed by atoms with E-state index in [4.69, 9.17) is 0 Å². The highest BCUT2D eigenvalue weighted by Gasteiger charge is 2.27. The quantitative estimate of drug-likeness (QED) is 0.707. The number of aryl methyl sites for hydroxylation is 1. The Bertz CT molecular complexity index is 878. The molecule has 0 unspecified atom stereocenters. The maximum atomic E-state index is 12.6. The van der Waals surface area contributed by atoms with Crippen LogP contribution in [0.15, 0.2) is 48.9 Å². The number of piperidine rings is 1. The van der Waals surface area contributed by atoms with E-state index < -0.39 is 0 Å². The molecule has 1 aliphatic heterocycles. The van der Waals surface area contributed by atoms with E-state index in [9.17, 15) is 4.79 Å². The molecule has 0 atom stereocenters. The Labute approximate surface area is 157 Å². The van der Waals surface area contributed by atoms with Crippen LogP contribution in [0.3, 0.4) is 0 Å². The van der Waals surface area contributed by atoms with Crippen molar-refractivity contribution in [2.75, 3.05) is 13.1 Å². The fourth-order valence-corrected chi connectivity index (χ4v) is 4.36. The molecule has 1 aliphatic rings. The summed E-state index contributed by atoms with van der Waals surface area (Å²) in [6, 6.07) is 9.93. The lowest BCUT2D eigenvalue weighted by molar-refractivity contribution is 0.0715. The highest BCUT2D eigenvalue weighted by atomic mass is 32.1. The molecule has 0 radical (unpaired) electrons. The van der Waals surface area contributed by atoms with Crippen LogP contribution in [0, 0.1) is 6.92 Å². The maximum absolute atomic E-state index is 12.6. The molecular formula is C20H22N4OS. The average molecular weight is 366 g/mol. The third-order valence-corrected chi connectivity index (χ3v) is 5.89. The summed E-state index contributed by atoms with van der Waals surface area (Å²) in [5, 5.41) is 0. The van der Waals surface area contributed by atoms with Gasteiger partial charge in [-0.15, -0.1) is 11.3 Å². The van der Waals surface area contributed by atoms with Gasteiger partial charge in [-0.25, -0.2) is 4.98 Å². The van der Waals surface area contributed by atoms with Crippen molar-refractivity contribution in [1.29, 1.82) is 0 Å². The lowest BCUT2D eigenvalue weighted by atomic mass is 9.95. The monoisotopic (exact) mass is 366 g/mol. The van der Waals surface area contributed by atoms with Gasteiger partial charge in [0.15, 0.2) is 0 Å². The molecule has 1 amide bonds. The largest absolute Gasteiger partial charge is 0.338 e. The first-order chi connectivity index (χ1) is 12.7. The van der Waals surface area contributed by atoms with Crippen LogP contribution >= 0.6 is 11.3 Å². The first kappa shape index (κ1) is 17.0. The lowest BCUT2D eigenvalue weighted by Crippen LogP contribution is -2.38. The molecule has 1 saturated heterocycles. The predicted octanol–water partition coefficient (Wildman–Crippen LogP) is 3.72. The molecule has 3 aromatic heterocycles. The van der Waals surface area contributed by atoms with E-state index in [0.29, 0.717) is 5.92 Å². The second-order valence-electron chi connectivity index (χ2n) is 6.71. The Hall–Kier alpha value is -2.47. The number of hydrogen-bond acceptors (Lipinski definition) is 4. The van der Waals surface area contributed by atoms with Gasteiger partial charge in [-0.3, -0.25) is 9.78 Å². The van der Waals surface area contributed by atoms with Crippen LogP contribution in [0.4, 0.5) is 0 Å². The molecule has 0 saturated carbocycles. The summed E-state index contributed by atoms with van der Waals surface area (Å²) in [4.78, 5) is 25.6. The Morgan fingerprint density at radius 2 is 2.00 bits per heavy atom. The van der Waals surface area contributed by atoms with Crippen molar-refractivity contribution < 1.29 is 4.79 Å². The number of carbonyl (C=O) groups is 1. The van der Waals surface area contributed by atoms with Gasteiger partial charge in [0, 0.05) is 42.5 Å².